The maximum absolute atomic E-state index is 12.4. The van der Waals surface area contributed by atoms with Crippen molar-refractivity contribution in [2.24, 2.45) is 17.6 Å². The van der Waals surface area contributed by atoms with Gasteiger partial charge in [-0.05, 0) is 44.1 Å². The number of rotatable bonds is 6. The summed E-state index contributed by atoms with van der Waals surface area (Å²) in [5.41, 5.74) is 7.18. The van der Waals surface area contributed by atoms with Gasteiger partial charge in [0, 0.05) is 30.5 Å². The van der Waals surface area contributed by atoms with E-state index in [-0.39, 0.29) is 35.7 Å². The van der Waals surface area contributed by atoms with Crippen molar-refractivity contribution in [3.05, 3.63) is 35.9 Å². The molecule has 2 fully saturated rings. The molecular weight excluding hydrogens is 326 g/mol. The van der Waals surface area contributed by atoms with Gasteiger partial charge in [0.15, 0.2) is 0 Å². The zero-order valence-corrected chi connectivity index (χ0v) is 15.5. The van der Waals surface area contributed by atoms with Crippen LogP contribution in [0.2, 0.25) is 0 Å². The number of hydrogen-bond acceptors (Lipinski definition) is 3. The second-order valence-corrected chi connectivity index (χ2v) is 7.80. The largest absolute Gasteiger partial charge is 0.354 e. The van der Waals surface area contributed by atoms with Crippen LogP contribution in [0.25, 0.3) is 0 Å². The van der Waals surface area contributed by atoms with E-state index >= 15 is 0 Å². The van der Waals surface area contributed by atoms with E-state index in [9.17, 15) is 9.59 Å². The van der Waals surface area contributed by atoms with Crippen molar-refractivity contribution in [3.63, 3.8) is 0 Å². The molecule has 0 aliphatic heterocycles. The number of benzene rings is 1. The highest BCUT2D eigenvalue weighted by Crippen LogP contribution is 2.28. The fourth-order valence-corrected chi connectivity index (χ4v) is 4.18. The molecule has 3 rings (SSSR count). The van der Waals surface area contributed by atoms with Gasteiger partial charge in [0.25, 0.3) is 0 Å². The lowest BCUT2D eigenvalue weighted by molar-refractivity contribution is -0.126. The van der Waals surface area contributed by atoms with Crippen molar-refractivity contribution in [2.75, 3.05) is 6.54 Å². The first-order valence-corrected chi connectivity index (χ1v) is 10.0. The Balaban J connectivity index is 1.37. The molecule has 142 valence electrons. The summed E-state index contributed by atoms with van der Waals surface area (Å²) in [4.78, 5) is 24.7. The molecule has 1 atom stereocenters. The van der Waals surface area contributed by atoms with Crippen molar-refractivity contribution in [2.45, 2.75) is 63.5 Å². The third-order valence-corrected chi connectivity index (χ3v) is 5.89. The predicted molar refractivity (Wildman–Crippen MR) is 102 cm³/mol. The summed E-state index contributed by atoms with van der Waals surface area (Å²) in [6.07, 6.45) is 7.87. The van der Waals surface area contributed by atoms with Crippen LogP contribution in [0.4, 0.5) is 0 Å². The molecule has 0 spiro atoms. The molecule has 2 saturated carbocycles. The molecule has 5 heteroatoms. The highest BCUT2D eigenvalue weighted by molar-refractivity contribution is 5.80. The van der Waals surface area contributed by atoms with E-state index in [0.717, 1.165) is 44.1 Å². The third-order valence-electron chi connectivity index (χ3n) is 5.89. The van der Waals surface area contributed by atoms with E-state index in [1.54, 1.807) is 0 Å². The Morgan fingerprint density at radius 1 is 0.923 bits per heavy atom. The van der Waals surface area contributed by atoms with Gasteiger partial charge in [-0.3, -0.25) is 9.59 Å². The topological polar surface area (TPSA) is 84.2 Å². The fourth-order valence-electron chi connectivity index (χ4n) is 4.18. The van der Waals surface area contributed by atoms with Gasteiger partial charge in [-0.15, -0.1) is 0 Å². The quantitative estimate of drug-likeness (QED) is 0.732. The highest BCUT2D eigenvalue weighted by atomic mass is 16.2. The standard InChI is InChI=1S/C21H31N3O2/c22-19(15-6-2-1-3-7-15)14-23-20(25)17-10-12-18(13-11-17)24-21(26)16-8-4-5-9-16/h1-3,6-7,16-19H,4-5,8-14,22H2,(H,23,25)(H,24,26). The van der Waals surface area contributed by atoms with E-state index in [4.69, 9.17) is 5.73 Å². The summed E-state index contributed by atoms with van der Waals surface area (Å²) in [5.74, 6) is 0.578. The van der Waals surface area contributed by atoms with E-state index in [1.807, 2.05) is 30.3 Å². The summed E-state index contributed by atoms with van der Waals surface area (Å²) in [5, 5.41) is 6.20. The van der Waals surface area contributed by atoms with Crippen LogP contribution in [-0.4, -0.2) is 24.4 Å². The Labute approximate surface area is 156 Å². The van der Waals surface area contributed by atoms with Crippen LogP contribution >= 0.6 is 0 Å². The van der Waals surface area contributed by atoms with E-state index < -0.39 is 0 Å². The summed E-state index contributed by atoms with van der Waals surface area (Å²) in [6, 6.07) is 9.89. The summed E-state index contributed by atoms with van der Waals surface area (Å²) < 4.78 is 0. The van der Waals surface area contributed by atoms with Crippen LogP contribution in [0, 0.1) is 11.8 Å². The van der Waals surface area contributed by atoms with Crippen molar-refractivity contribution in [1.29, 1.82) is 0 Å². The first-order valence-electron chi connectivity index (χ1n) is 10.0. The van der Waals surface area contributed by atoms with E-state index in [0.29, 0.717) is 6.54 Å². The number of nitrogens with two attached hydrogens (primary N) is 1. The van der Waals surface area contributed by atoms with Crippen LogP contribution in [0.15, 0.2) is 30.3 Å². The Bertz CT molecular complexity index is 591. The minimum Gasteiger partial charge on any atom is -0.354 e. The van der Waals surface area contributed by atoms with Crippen LogP contribution in [0.5, 0.6) is 0 Å². The first kappa shape index (κ1) is 18.9. The molecule has 0 saturated heterocycles. The van der Waals surface area contributed by atoms with Gasteiger partial charge in [-0.25, -0.2) is 0 Å². The van der Waals surface area contributed by atoms with Gasteiger partial charge < -0.3 is 16.4 Å². The second kappa shape index (κ2) is 9.17. The van der Waals surface area contributed by atoms with Crippen LogP contribution in [0.1, 0.15) is 63.0 Å². The zero-order valence-electron chi connectivity index (χ0n) is 15.5. The molecular formula is C21H31N3O2. The fraction of sp³-hybridized carbons (Fsp3) is 0.619. The molecule has 0 radical (unpaired) electrons. The van der Waals surface area contributed by atoms with Gasteiger partial charge in [-0.2, -0.15) is 0 Å². The Morgan fingerprint density at radius 3 is 2.19 bits per heavy atom. The molecule has 26 heavy (non-hydrogen) atoms. The Kier molecular flexibility index (Phi) is 6.67. The molecule has 1 aromatic rings. The molecule has 1 unspecified atom stereocenters. The maximum Gasteiger partial charge on any atom is 0.223 e. The average Bonchev–Trinajstić information content (AvgIpc) is 3.22. The molecule has 5 nitrogen and oxygen atoms in total. The molecule has 0 bridgehead atoms. The van der Waals surface area contributed by atoms with Gasteiger partial charge in [-0.1, -0.05) is 43.2 Å². The van der Waals surface area contributed by atoms with E-state index in [1.165, 1.54) is 12.8 Å². The van der Waals surface area contributed by atoms with Crippen LogP contribution in [0.3, 0.4) is 0 Å². The van der Waals surface area contributed by atoms with Gasteiger partial charge in [0.2, 0.25) is 11.8 Å². The Hall–Kier alpha value is -1.88. The van der Waals surface area contributed by atoms with Crippen LogP contribution < -0.4 is 16.4 Å². The number of nitrogens with one attached hydrogen (secondary N) is 2. The number of amides is 2. The van der Waals surface area contributed by atoms with Gasteiger partial charge in [0.1, 0.15) is 0 Å². The van der Waals surface area contributed by atoms with Crippen molar-refractivity contribution in [1.82, 2.24) is 10.6 Å². The molecule has 1 aromatic carbocycles. The van der Waals surface area contributed by atoms with Crippen molar-refractivity contribution < 1.29 is 9.59 Å². The van der Waals surface area contributed by atoms with Crippen LogP contribution in [-0.2, 0) is 9.59 Å². The highest BCUT2D eigenvalue weighted by Gasteiger charge is 2.29. The average molecular weight is 357 g/mol. The summed E-state index contributed by atoms with van der Waals surface area (Å²) in [7, 11) is 0. The summed E-state index contributed by atoms with van der Waals surface area (Å²) in [6.45, 7) is 0.460. The molecule has 0 aromatic heterocycles. The Morgan fingerprint density at radius 2 is 1.54 bits per heavy atom. The molecule has 2 amide bonds. The number of carbonyl (C=O) groups excluding carboxylic acids is 2. The molecule has 0 heterocycles. The van der Waals surface area contributed by atoms with Crippen molar-refractivity contribution >= 4 is 11.8 Å². The first-order chi connectivity index (χ1) is 12.6. The second-order valence-electron chi connectivity index (χ2n) is 7.80. The SMILES string of the molecule is NC(CNC(=O)C1CCC(NC(=O)C2CCCC2)CC1)c1ccccc1. The lowest BCUT2D eigenvalue weighted by atomic mass is 9.85. The monoisotopic (exact) mass is 357 g/mol. The normalized spacial score (nSPS) is 24.8. The lowest BCUT2D eigenvalue weighted by Gasteiger charge is -2.29. The maximum atomic E-state index is 12.4. The molecule has 4 N–H and O–H groups in total. The zero-order chi connectivity index (χ0) is 18.4. The minimum atomic E-state index is -0.179. The third kappa shape index (κ3) is 5.07. The van der Waals surface area contributed by atoms with Gasteiger partial charge in [0.05, 0.1) is 0 Å². The number of hydrogen-bond donors (Lipinski definition) is 3. The van der Waals surface area contributed by atoms with E-state index in [2.05, 4.69) is 10.6 Å². The number of carbonyl (C=O) groups is 2. The molecule has 2 aliphatic rings. The van der Waals surface area contributed by atoms with Crippen molar-refractivity contribution in [3.8, 4) is 0 Å². The predicted octanol–water partition coefficient (Wildman–Crippen LogP) is 2.67. The smallest absolute Gasteiger partial charge is 0.223 e. The van der Waals surface area contributed by atoms with Gasteiger partial charge >= 0.3 is 0 Å². The summed E-state index contributed by atoms with van der Waals surface area (Å²) >= 11 is 0. The minimum absolute atomic E-state index is 0.0394. The lowest BCUT2D eigenvalue weighted by Crippen LogP contribution is -2.43. The molecule has 2 aliphatic carbocycles.